The number of esters is 4. The van der Waals surface area contributed by atoms with Crippen molar-refractivity contribution in [2.24, 2.45) is 0 Å². The molecule has 0 bridgehead atoms. The summed E-state index contributed by atoms with van der Waals surface area (Å²) in [5, 5.41) is 20.7. The number of hydrogen-bond acceptors (Lipinski definition) is 10. The van der Waals surface area contributed by atoms with E-state index in [1.54, 1.807) is 79.7 Å². The molecule has 212 valence electrons. The van der Waals surface area contributed by atoms with Crippen LogP contribution in [0.5, 0.6) is 0 Å². The molecule has 0 aliphatic carbocycles. The molecule has 4 aromatic carbocycles. The Hall–Kier alpha value is -4.80. The van der Waals surface area contributed by atoms with Gasteiger partial charge in [0.1, 0.15) is 25.9 Å². The number of aliphatic hydroxyl groups is 2. The summed E-state index contributed by atoms with van der Waals surface area (Å²) in [7, 11) is 0. The molecule has 0 fully saturated rings. The van der Waals surface area contributed by atoms with Crippen LogP contribution in [0.1, 0.15) is 48.4 Å². The van der Waals surface area contributed by atoms with Gasteiger partial charge in [-0.1, -0.05) is 24.3 Å². The van der Waals surface area contributed by atoms with Crippen LogP contribution < -0.4 is 0 Å². The molecule has 1 atom stereocenters. The van der Waals surface area contributed by atoms with E-state index in [9.17, 15) is 19.2 Å². The third kappa shape index (κ3) is 7.44. The minimum Gasteiger partial charge on any atom is -0.460 e. The second-order valence-corrected chi connectivity index (χ2v) is 9.08. The van der Waals surface area contributed by atoms with Gasteiger partial charge in [0.15, 0.2) is 0 Å². The first-order valence-corrected chi connectivity index (χ1v) is 12.8. The molecule has 4 aromatic rings. The molecule has 0 saturated carbocycles. The van der Waals surface area contributed by atoms with Gasteiger partial charge in [-0.3, -0.25) is 0 Å². The third-order valence-electron chi connectivity index (χ3n) is 6.06. The van der Waals surface area contributed by atoms with E-state index in [1.807, 2.05) is 0 Å². The fourth-order valence-corrected chi connectivity index (χ4v) is 3.94. The highest BCUT2D eigenvalue weighted by Gasteiger charge is 2.15. The van der Waals surface area contributed by atoms with E-state index >= 15 is 0 Å². The molecule has 2 N–H and O–H groups in total. The number of carbonyl (C=O) groups excluding carboxylic acids is 4. The van der Waals surface area contributed by atoms with Gasteiger partial charge in [0, 0.05) is 0 Å². The second-order valence-electron chi connectivity index (χ2n) is 9.08. The summed E-state index contributed by atoms with van der Waals surface area (Å²) >= 11 is 0. The first kappa shape index (κ1) is 29.2. The summed E-state index contributed by atoms with van der Waals surface area (Å²) in [4.78, 5) is 49.1. The number of hydrogen-bond donors (Lipinski definition) is 2. The lowest BCUT2D eigenvalue weighted by molar-refractivity contribution is 0.0196. The molecule has 0 aliphatic rings. The van der Waals surface area contributed by atoms with Gasteiger partial charge in [-0.25, -0.2) is 19.2 Å². The van der Waals surface area contributed by atoms with Crippen molar-refractivity contribution in [3.63, 3.8) is 0 Å². The largest absolute Gasteiger partial charge is 0.460 e. The van der Waals surface area contributed by atoms with Gasteiger partial charge in [0.05, 0.1) is 35.5 Å². The van der Waals surface area contributed by atoms with Gasteiger partial charge in [-0.15, -0.1) is 0 Å². The molecular weight excluding hydrogens is 532 g/mol. The molecule has 1 unspecified atom stereocenters. The van der Waals surface area contributed by atoms with Gasteiger partial charge in [-0.2, -0.15) is 0 Å². The van der Waals surface area contributed by atoms with E-state index < -0.39 is 30.0 Å². The zero-order valence-electron chi connectivity index (χ0n) is 22.2. The normalized spacial score (nSPS) is 11.6. The molecule has 0 radical (unpaired) electrons. The Morgan fingerprint density at radius 2 is 0.902 bits per heavy atom. The molecule has 0 amide bonds. The van der Waals surface area contributed by atoms with Gasteiger partial charge < -0.3 is 29.2 Å². The van der Waals surface area contributed by atoms with E-state index in [-0.39, 0.29) is 33.0 Å². The quantitative estimate of drug-likeness (QED) is 0.158. The zero-order chi connectivity index (χ0) is 29.4. The minimum atomic E-state index is -0.617. The topological polar surface area (TPSA) is 146 Å². The summed E-state index contributed by atoms with van der Waals surface area (Å²) in [6, 6.07) is 19.5. The van der Waals surface area contributed by atoms with E-state index in [0.29, 0.717) is 33.0 Å². The molecule has 0 heterocycles. The van der Waals surface area contributed by atoms with Crippen molar-refractivity contribution >= 4 is 45.4 Å². The van der Waals surface area contributed by atoms with Crippen molar-refractivity contribution in [2.75, 3.05) is 33.0 Å². The standard InChI is InChI=1S/C31H28O10/c1-19(18-33)41-31(37)27-9-5-22-16-26(8-4-23(22)17-27)30(36)40-13-12-39-29(35)25-7-3-20-14-24(6-2-21(20)15-25)28(34)38-11-10-32/h2-9,14-17,19,32-33H,10-13,18H2,1H3. The van der Waals surface area contributed by atoms with E-state index in [1.165, 1.54) is 0 Å². The van der Waals surface area contributed by atoms with Crippen LogP contribution in [0.4, 0.5) is 0 Å². The van der Waals surface area contributed by atoms with Crippen LogP contribution in [-0.4, -0.2) is 73.2 Å². The highest BCUT2D eigenvalue weighted by molar-refractivity contribution is 6.00. The summed E-state index contributed by atoms with van der Waals surface area (Å²) in [6.07, 6.45) is -0.617. The fourth-order valence-electron chi connectivity index (χ4n) is 3.94. The maximum Gasteiger partial charge on any atom is 0.338 e. The Kier molecular flexibility index (Phi) is 9.62. The monoisotopic (exact) mass is 560 g/mol. The van der Waals surface area contributed by atoms with Crippen molar-refractivity contribution in [3.05, 3.63) is 95.1 Å². The highest BCUT2D eigenvalue weighted by atomic mass is 16.6. The molecule has 4 rings (SSSR count). The molecule has 0 spiro atoms. The van der Waals surface area contributed by atoms with Crippen molar-refractivity contribution < 1.29 is 48.3 Å². The van der Waals surface area contributed by atoms with Gasteiger partial charge >= 0.3 is 23.9 Å². The first-order valence-electron chi connectivity index (χ1n) is 12.8. The second kappa shape index (κ2) is 13.5. The Balaban J connectivity index is 1.29. The van der Waals surface area contributed by atoms with E-state index in [4.69, 9.17) is 29.2 Å². The van der Waals surface area contributed by atoms with Crippen LogP contribution in [0.3, 0.4) is 0 Å². The number of carbonyl (C=O) groups is 4. The minimum absolute atomic E-state index is 0.0912. The molecule has 10 heteroatoms. The number of fused-ring (bicyclic) bond motifs is 2. The number of benzene rings is 4. The lowest BCUT2D eigenvalue weighted by Gasteiger charge is -2.11. The van der Waals surface area contributed by atoms with Crippen molar-refractivity contribution in [1.29, 1.82) is 0 Å². The van der Waals surface area contributed by atoms with Crippen molar-refractivity contribution in [3.8, 4) is 0 Å². The Morgan fingerprint density at radius 3 is 1.24 bits per heavy atom. The predicted octanol–water partition coefficient (Wildman–Crippen LogP) is 3.69. The zero-order valence-corrected chi connectivity index (χ0v) is 22.2. The average molecular weight is 561 g/mol. The van der Waals surface area contributed by atoms with Crippen LogP contribution in [0.25, 0.3) is 21.5 Å². The maximum atomic E-state index is 12.5. The van der Waals surface area contributed by atoms with Crippen LogP contribution in [0.2, 0.25) is 0 Å². The van der Waals surface area contributed by atoms with E-state index in [0.717, 1.165) is 10.8 Å². The molecule has 0 saturated heterocycles. The fraction of sp³-hybridized carbons (Fsp3) is 0.226. The van der Waals surface area contributed by atoms with Gasteiger partial charge in [-0.05, 0) is 77.0 Å². The molecule has 0 aromatic heterocycles. The third-order valence-corrected chi connectivity index (χ3v) is 6.06. The molecular formula is C31H28O10. The Labute approximate surface area is 235 Å². The predicted molar refractivity (Wildman–Crippen MR) is 148 cm³/mol. The van der Waals surface area contributed by atoms with Crippen LogP contribution in [0, 0.1) is 0 Å². The lowest BCUT2D eigenvalue weighted by atomic mass is 10.0. The SMILES string of the molecule is CC(CO)OC(=O)c1ccc2cc(C(=O)OCCOC(=O)c3ccc4cc(C(=O)OCCO)ccc4c3)ccc2c1. The lowest BCUT2D eigenvalue weighted by Crippen LogP contribution is -2.18. The van der Waals surface area contributed by atoms with Crippen LogP contribution >= 0.6 is 0 Å². The number of ether oxygens (including phenoxy) is 4. The molecule has 0 aliphatic heterocycles. The summed E-state index contributed by atoms with van der Waals surface area (Å²) in [5.41, 5.74) is 1.24. The van der Waals surface area contributed by atoms with Crippen molar-refractivity contribution in [2.45, 2.75) is 13.0 Å². The Bertz CT molecular complexity index is 1590. The highest BCUT2D eigenvalue weighted by Crippen LogP contribution is 2.21. The average Bonchev–Trinajstić information content (AvgIpc) is 3.00. The summed E-state index contributed by atoms with van der Waals surface area (Å²) in [5.74, 6) is -2.30. The summed E-state index contributed by atoms with van der Waals surface area (Å²) < 4.78 is 20.5. The first-order chi connectivity index (χ1) is 19.8. The maximum absolute atomic E-state index is 12.5. The van der Waals surface area contributed by atoms with Gasteiger partial charge in [0.2, 0.25) is 0 Å². The van der Waals surface area contributed by atoms with Gasteiger partial charge in [0.25, 0.3) is 0 Å². The Morgan fingerprint density at radius 1 is 0.561 bits per heavy atom. The van der Waals surface area contributed by atoms with Crippen molar-refractivity contribution in [1.82, 2.24) is 0 Å². The molecule has 41 heavy (non-hydrogen) atoms. The van der Waals surface area contributed by atoms with Crippen LogP contribution in [0.15, 0.2) is 72.8 Å². The van der Waals surface area contributed by atoms with Crippen LogP contribution in [-0.2, 0) is 18.9 Å². The number of aliphatic hydroxyl groups excluding tert-OH is 2. The summed E-state index contributed by atoms with van der Waals surface area (Å²) in [6.45, 7) is 0.657. The molecule has 10 nitrogen and oxygen atoms in total. The van der Waals surface area contributed by atoms with E-state index in [2.05, 4.69) is 0 Å². The number of rotatable bonds is 11. The smallest absolute Gasteiger partial charge is 0.338 e.